The molecule has 0 fully saturated rings. The molecule has 0 unspecified atom stereocenters. The standard InChI is InChI=1S/C37H77NO3Si/c1-3-5-7-9-11-13-15-17-19-21-23-25-27-29-35-41-42-36-30-32-38(33-34-39)37(40)31-28-26-24-22-20-18-16-14-12-10-8-6-4-2/h39H,3-36,42H2,1-2H3. The lowest BCUT2D eigenvalue weighted by Gasteiger charge is -2.21. The normalized spacial score (nSPS) is 11.7. The molecule has 0 aliphatic heterocycles. The highest BCUT2D eigenvalue weighted by molar-refractivity contribution is 6.26. The fourth-order valence-corrected chi connectivity index (χ4v) is 6.98. The van der Waals surface area contributed by atoms with Crippen LogP contribution in [0, 0.1) is 0 Å². The molecule has 0 saturated carbocycles. The van der Waals surface area contributed by atoms with Crippen LogP contribution in [0.3, 0.4) is 0 Å². The maximum Gasteiger partial charge on any atom is 0.222 e. The summed E-state index contributed by atoms with van der Waals surface area (Å²) < 4.78 is 5.98. The van der Waals surface area contributed by atoms with Crippen molar-refractivity contribution in [3.8, 4) is 0 Å². The van der Waals surface area contributed by atoms with E-state index in [0.29, 0.717) is 13.0 Å². The van der Waals surface area contributed by atoms with Crippen molar-refractivity contribution in [3.63, 3.8) is 0 Å². The molecule has 0 heterocycles. The Kier molecular flexibility index (Phi) is 36.5. The topological polar surface area (TPSA) is 49.8 Å². The van der Waals surface area contributed by atoms with E-state index in [4.69, 9.17) is 4.43 Å². The summed E-state index contributed by atoms with van der Waals surface area (Å²) in [6, 6.07) is 1.13. The largest absolute Gasteiger partial charge is 0.424 e. The van der Waals surface area contributed by atoms with Crippen molar-refractivity contribution in [2.75, 3.05) is 26.3 Å². The summed E-state index contributed by atoms with van der Waals surface area (Å²) in [5, 5.41) is 9.42. The van der Waals surface area contributed by atoms with Crippen LogP contribution in [0.2, 0.25) is 6.04 Å². The molecule has 252 valence electrons. The smallest absolute Gasteiger partial charge is 0.222 e. The maximum absolute atomic E-state index is 12.7. The van der Waals surface area contributed by atoms with Gasteiger partial charge in [-0.05, 0) is 25.3 Å². The molecule has 0 rings (SSSR count). The number of hydrogen-bond donors (Lipinski definition) is 1. The molecule has 0 spiro atoms. The highest BCUT2D eigenvalue weighted by Crippen LogP contribution is 2.15. The van der Waals surface area contributed by atoms with Gasteiger partial charge in [-0.1, -0.05) is 174 Å². The van der Waals surface area contributed by atoms with Crippen LogP contribution in [0.15, 0.2) is 0 Å². The van der Waals surface area contributed by atoms with Crippen molar-refractivity contribution in [2.45, 2.75) is 206 Å². The first-order valence-corrected chi connectivity index (χ1v) is 20.8. The Morgan fingerprint density at radius 1 is 0.524 bits per heavy atom. The number of amides is 1. The Morgan fingerprint density at radius 2 is 0.905 bits per heavy atom. The number of nitrogens with zero attached hydrogens (tertiary/aromatic N) is 1. The number of rotatable bonds is 36. The molecule has 0 aromatic heterocycles. The van der Waals surface area contributed by atoms with Gasteiger partial charge in [-0.25, -0.2) is 0 Å². The molecule has 1 N–H and O–H groups in total. The molecular weight excluding hydrogens is 534 g/mol. The summed E-state index contributed by atoms with van der Waals surface area (Å²) in [6.07, 6.45) is 38.4. The van der Waals surface area contributed by atoms with Crippen molar-refractivity contribution in [2.24, 2.45) is 0 Å². The van der Waals surface area contributed by atoms with E-state index in [9.17, 15) is 9.90 Å². The summed E-state index contributed by atoms with van der Waals surface area (Å²) in [7, 11) is -0.473. The van der Waals surface area contributed by atoms with Gasteiger partial charge >= 0.3 is 0 Å². The lowest BCUT2D eigenvalue weighted by Crippen LogP contribution is -2.34. The summed E-state index contributed by atoms with van der Waals surface area (Å²) in [5.41, 5.74) is 0. The van der Waals surface area contributed by atoms with E-state index in [1.807, 2.05) is 4.90 Å². The Hall–Kier alpha value is -0.393. The van der Waals surface area contributed by atoms with Crippen LogP contribution in [-0.2, 0) is 9.22 Å². The third-order valence-electron chi connectivity index (χ3n) is 8.83. The van der Waals surface area contributed by atoms with Gasteiger partial charge in [0, 0.05) is 26.1 Å². The van der Waals surface area contributed by atoms with Gasteiger partial charge in [0.25, 0.3) is 0 Å². The number of hydrogen-bond acceptors (Lipinski definition) is 3. The molecule has 0 aromatic rings. The molecule has 0 atom stereocenters. The second-order valence-corrected chi connectivity index (χ2v) is 14.5. The first kappa shape index (κ1) is 41.6. The zero-order valence-electron chi connectivity index (χ0n) is 29.0. The average molecular weight is 612 g/mol. The Balaban J connectivity index is 3.47. The predicted octanol–water partition coefficient (Wildman–Crippen LogP) is 10.7. The van der Waals surface area contributed by atoms with Crippen molar-refractivity contribution >= 4 is 15.7 Å². The molecule has 0 aliphatic rings. The summed E-state index contributed by atoms with van der Waals surface area (Å²) in [4.78, 5) is 14.5. The molecule has 1 amide bonds. The van der Waals surface area contributed by atoms with Crippen molar-refractivity contribution < 1.29 is 14.3 Å². The van der Waals surface area contributed by atoms with E-state index >= 15 is 0 Å². The van der Waals surface area contributed by atoms with E-state index in [0.717, 1.165) is 38.5 Å². The van der Waals surface area contributed by atoms with Crippen LogP contribution in [0.25, 0.3) is 0 Å². The Bertz CT molecular complexity index is 519. The molecule has 4 nitrogen and oxygen atoms in total. The molecular formula is C37H77NO3Si. The summed E-state index contributed by atoms with van der Waals surface area (Å²) >= 11 is 0. The van der Waals surface area contributed by atoms with Gasteiger partial charge in [-0.3, -0.25) is 4.79 Å². The van der Waals surface area contributed by atoms with Gasteiger partial charge < -0.3 is 14.4 Å². The van der Waals surface area contributed by atoms with E-state index in [1.54, 1.807) is 0 Å². The van der Waals surface area contributed by atoms with Gasteiger partial charge in [0.15, 0.2) is 9.76 Å². The molecule has 0 saturated heterocycles. The quantitative estimate of drug-likeness (QED) is 0.0566. The predicted molar refractivity (Wildman–Crippen MR) is 188 cm³/mol. The number of aliphatic hydroxyl groups is 1. The maximum atomic E-state index is 12.7. The van der Waals surface area contributed by atoms with E-state index < -0.39 is 9.76 Å². The van der Waals surface area contributed by atoms with Crippen LogP contribution in [0.4, 0.5) is 0 Å². The van der Waals surface area contributed by atoms with Crippen LogP contribution in [0.5, 0.6) is 0 Å². The van der Waals surface area contributed by atoms with Crippen LogP contribution in [0.1, 0.15) is 200 Å². The Morgan fingerprint density at radius 3 is 1.31 bits per heavy atom. The number of aliphatic hydroxyl groups excluding tert-OH is 1. The fraction of sp³-hybridized carbons (Fsp3) is 0.973. The van der Waals surface area contributed by atoms with Crippen LogP contribution >= 0.6 is 0 Å². The van der Waals surface area contributed by atoms with Crippen LogP contribution in [-0.4, -0.2) is 52.0 Å². The highest BCUT2D eigenvalue weighted by Gasteiger charge is 2.12. The van der Waals surface area contributed by atoms with Gasteiger partial charge in [0.1, 0.15) is 0 Å². The molecule has 0 bridgehead atoms. The van der Waals surface area contributed by atoms with Crippen molar-refractivity contribution in [1.82, 2.24) is 4.90 Å². The van der Waals surface area contributed by atoms with Gasteiger partial charge in [-0.15, -0.1) is 0 Å². The molecule has 0 radical (unpaired) electrons. The molecule has 0 aromatic carbocycles. The lowest BCUT2D eigenvalue weighted by atomic mass is 10.0. The summed E-state index contributed by atoms with van der Waals surface area (Å²) in [6.45, 7) is 6.84. The number of unbranched alkanes of at least 4 members (excludes halogenated alkanes) is 25. The van der Waals surface area contributed by atoms with E-state index in [2.05, 4.69) is 13.8 Å². The first-order valence-electron chi connectivity index (χ1n) is 19.2. The molecule has 42 heavy (non-hydrogen) atoms. The third-order valence-corrected chi connectivity index (χ3v) is 10.2. The minimum atomic E-state index is -0.473. The summed E-state index contributed by atoms with van der Waals surface area (Å²) in [5.74, 6) is 0.233. The zero-order valence-corrected chi connectivity index (χ0v) is 30.4. The zero-order chi connectivity index (χ0) is 30.6. The van der Waals surface area contributed by atoms with Crippen molar-refractivity contribution in [1.29, 1.82) is 0 Å². The number of carbonyl (C=O) groups is 1. The minimum Gasteiger partial charge on any atom is -0.424 e. The minimum absolute atomic E-state index is 0.0669. The van der Waals surface area contributed by atoms with Gasteiger partial charge in [0.05, 0.1) is 6.61 Å². The van der Waals surface area contributed by atoms with Crippen LogP contribution < -0.4 is 0 Å². The molecule has 5 heteroatoms. The first-order chi connectivity index (χ1) is 20.8. The lowest BCUT2D eigenvalue weighted by molar-refractivity contribution is -0.131. The third kappa shape index (κ3) is 32.5. The number of carbonyl (C=O) groups excluding carboxylic acids is 1. The monoisotopic (exact) mass is 612 g/mol. The molecule has 0 aliphatic carbocycles. The van der Waals surface area contributed by atoms with E-state index in [1.165, 1.54) is 161 Å². The fourth-order valence-electron chi connectivity index (χ4n) is 5.94. The van der Waals surface area contributed by atoms with Gasteiger partial charge in [-0.2, -0.15) is 0 Å². The average Bonchev–Trinajstić information content (AvgIpc) is 3.00. The highest BCUT2D eigenvalue weighted by atomic mass is 28.2. The SMILES string of the molecule is CCCCCCCCCCCCCCCCO[SiH2]CCCN(CCO)C(=O)CCCCCCCCCCCCCCC. The Labute approximate surface area is 266 Å². The second kappa shape index (κ2) is 36.8. The van der Waals surface area contributed by atoms with Gasteiger partial charge in [0.2, 0.25) is 5.91 Å². The van der Waals surface area contributed by atoms with E-state index in [-0.39, 0.29) is 12.5 Å². The van der Waals surface area contributed by atoms with Crippen molar-refractivity contribution in [3.05, 3.63) is 0 Å². The second-order valence-electron chi connectivity index (χ2n) is 13.0.